The summed E-state index contributed by atoms with van der Waals surface area (Å²) in [5, 5.41) is 67.5. The molecule has 12 nitrogen and oxygen atoms in total. The second-order valence-electron chi connectivity index (χ2n) is 5.48. The predicted octanol–water partition coefficient (Wildman–Crippen LogP) is -4.72. The Hall–Kier alpha value is -1.38. The third-order valence-corrected chi connectivity index (χ3v) is 3.60. The van der Waals surface area contributed by atoms with Crippen molar-refractivity contribution in [1.29, 1.82) is 0 Å². The number of ether oxygens (including phenoxy) is 1. The molecule has 0 bridgehead atoms. The summed E-state index contributed by atoms with van der Waals surface area (Å²) in [6.45, 7) is 0.669. The molecule has 140 valence electrons. The minimum absolute atomic E-state index is 0.605. The Morgan fingerprint density at radius 1 is 1.25 bits per heavy atom. The molecule has 0 aromatic heterocycles. The van der Waals surface area contributed by atoms with E-state index in [2.05, 4.69) is 9.78 Å². The monoisotopic (exact) mass is 356 g/mol. The molecular weight excluding hydrogens is 336 g/mol. The molecule has 1 heterocycles. The Balaban J connectivity index is 3.00. The second kappa shape index (κ2) is 7.25. The van der Waals surface area contributed by atoms with Crippen molar-refractivity contribution in [2.75, 3.05) is 6.61 Å². The molecule has 1 rings (SSSR count). The van der Waals surface area contributed by atoms with Crippen molar-refractivity contribution in [3.8, 4) is 0 Å². The largest absolute Gasteiger partial charge is 0.394 e. The maximum atomic E-state index is 11.8. The van der Waals surface area contributed by atoms with Crippen LogP contribution in [0.15, 0.2) is 0 Å². The predicted molar refractivity (Wildman–Crippen MR) is 69.4 cm³/mol. The van der Waals surface area contributed by atoms with Crippen LogP contribution in [0.1, 0.15) is 13.8 Å². The van der Waals surface area contributed by atoms with Crippen LogP contribution in [0.5, 0.6) is 0 Å². The van der Waals surface area contributed by atoms with Crippen LogP contribution in [0.25, 0.3) is 0 Å². The molecule has 3 unspecified atom stereocenters. The number of aliphatic hydroxyl groups is 7. The molecule has 12 heteroatoms. The van der Waals surface area contributed by atoms with E-state index in [1.165, 1.54) is 0 Å². The standard InChI is InChI=1S/C12H20O12/c1-4(14)9(18)23-24-10(19)11(2,20)12(21)8(17)7(16)6(15)5(3-13)22-12/h4-8,13-17,20-21H,3H2,1-2H3/t4?,5-,6-,7+,8-,11?,12?/m1/s1. The first kappa shape index (κ1) is 20.7. The van der Waals surface area contributed by atoms with Gasteiger partial charge in [0, 0.05) is 0 Å². The lowest BCUT2D eigenvalue weighted by atomic mass is 9.82. The Labute approximate surface area is 135 Å². The van der Waals surface area contributed by atoms with Gasteiger partial charge in [-0.2, -0.15) is 0 Å². The van der Waals surface area contributed by atoms with Crippen molar-refractivity contribution >= 4 is 11.9 Å². The maximum Gasteiger partial charge on any atom is 0.392 e. The average Bonchev–Trinajstić information content (AvgIpc) is 2.53. The fourth-order valence-electron chi connectivity index (χ4n) is 1.93. The topological polar surface area (TPSA) is 203 Å². The van der Waals surface area contributed by atoms with Gasteiger partial charge in [0.25, 0.3) is 0 Å². The van der Waals surface area contributed by atoms with Gasteiger partial charge in [-0.25, -0.2) is 19.4 Å². The van der Waals surface area contributed by atoms with Gasteiger partial charge in [-0.3, -0.25) is 0 Å². The first-order valence-electron chi connectivity index (χ1n) is 6.78. The number of carbonyl (C=O) groups excluding carboxylic acids is 2. The second-order valence-corrected chi connectivity index (χ2v) is 5.48. The summed E-state index contributed by atoms with van der Waals surface area (Å²) in [6.07, 6.45) is -9.64. The Bertz CT molecular complexity index is 475. The summed E-state index contributed by atoms with van der Waals surface area (Å²) < 4.78 is 4.76. The van der Waals surface area contributed by atoms with Crippen LogP contribution in [0.3, 0.4) is 0 Å². The molecule has 0 radical (unpaired) electrons. The van der Waals surface area contributed by atoms with Crippen LogP contribution in [-0.2, 0) is 24.1 Å². The Kier molecular flexibility index (Phi) is 6.24. The molecule has 0 saturated carbocycles. The lowest BCUT2D eigenvalue weighted by Gasteiger charge is -2.49. The smallest absolute Gasteiger partial charge is 0.392 e. The molecule has 1 fully saturated rings. The van der Waals surface area contributed by atoms with Gasteiger partial charge in [0.2, 0.25) is 11.4 Å². The maximum absolute atomic E-state index is 11.8. The summed E-state index contributed by atoms with van der Waals surface area (Å²) in [5.74, 6) is -6.44. The fraction of sp³-hybridized carbons (Fsp3) is 0.833. The Morgan fingerprint density at radius 2 is 1.79 bits per heavy atom. The van der Waals surface area contributed by atoms with Crippen molar-refractivity contribution in [1.82, 2.24) is 0 Å². The van der Waals surface area contributed by atoms with Crippen molar-refractivity contribution < 1.29 is 59.8 Å². The van der Waals surface area contributed by atoms with E-state index in [4.69, 9.17) is 14.9 Å². The number of carbonyl (C=O) groups is 2. The summed E-state index contributed by atoms with van der Waals surface area (Å²) >= 11 is 0. The van der Waals surface area contributed by atoms with Gasteiger partial charge in [-0.15, -0.1) is 0 Å². The molecule has 0 amide bonds. The van der Waals surface area contributed by atoms with E-state index >= 15 is 0 Å². The first-order chi connectivity index (χ1) is 10.9. The van der Waals surface area contributed by atoms with E-state index < -0.39 is 60.5 Å². The van der Waals surface area contributed by atoms with Gasteiger partial charge in [-0.1, -0.05) is 0 Å². The SMILES string of the molecule is CC(O)C(=O)OOC(=O)C(C)(O)C1(O)O[C@H](CO)[C@@H](O)[C@H](O)[C@H]1O. The number of rotatable bonds is 4. The number of hydrogen-bond acceptors (Lipinski definition) is 12. The molecule has 1 aliphatic rings. The van der Waals surface area contributed by atoms with E-state index in [0.717, 1.165) is 6.92 Å². The van der Waals surface area contributed by atoms with Crippen molar-refractivity contribution in [3.05, 3.63) is 0 Å². The quantitative estimate of drug-likeness (QED) is 0.187. The minimum atomic E-state index is -3.23. The zero-order chi connectivity index (χ0) is 18.9. The zero-order valence-corrected chi connectivity index (χ0v) is 12.8. The van der Waals surface area contributed by atoms with Gasteiger partial charge in [0.1, 0.15) is 24.4 Å². The van der Waals surface area contributed by atoms with Gasteiger partial charge in [0.05, 0.1) is 6.61 Å². The van der Waals surface area contributed by atoms with E-state index in [-0.39, 0.29) is 0 Å². The van der Waals surface area contributed by atoms with Crippen molar-refractivity contribution in [2.24, 2.45) is 0 Å². The highest BCUT2D eigenvalue weighted by atomic mass is 17.2. The van der Waals surface area contributed by atoms with Crippen LogP contribution >= 0.6 is 0 Å². The van der Waals surface area contributed by atoms with Crippen LogP contribution in [0.4, 0.5) is 0 Å². The zero-order valence-electron chi connectivity index (χ0n) is 12.8. The summed E-state index contributed by atoms with van der Waals surface area (Å²) in [7, 11) is 0. The summed E-state index contributed by atoms with van der Waals surface area (Å²) in [6, 6.07) is 0. The summed E-state index contributed by atoms with van der Waals surface area (Å²) in [5.41, 5.74) is -3.11. The summed E-state index contributed by atoms with van der Waals surface area (Å²) in [4.78, 5) is 30.7. The molecule has 0 spiro atoms. The van der Waals surface area contributed by atoms with Crippen LogP contribution < -0.4 is 0 Å². The highest BCUT2D eigenvalue weighted by Crippen LogP contribution is 2.37. The van der Waals surface area contributed by atoms with E-state index in [1.807, 2.05) is 0 Å². The molecule has 0 aromatic carbocycles. The number of hydrogen-bond donors (Lipinski definition) is 7. The molecule has 0 aromatic rings. The van der Waals surface area contributed by atoms with E-state index in [1.54, 1.807) is 0 Å². The first-order valence-corrected chi connectivity index (χ1v) is 6.78. The van der Waals surface area contributed by atoms with Gasteiger partial charge >= 0.3 is 11.9 Å². The number of aliphatic hydroxyl groups excluding tert-OH is 5. The molecule has 1 aliphatic heterocycles. The van der Waals surface area contributed by atoms with Crippen LogP contribution in [0, 0.1) is 0 Å². The third-order valence-electron chi connectivity index (χ3n) is 3.60. The highest BCUT2D eigenvalue weighted by Gasteiger charge is 2.65. The van der Waals surface area contributed by atoms with E-state index in [9.17, 15) is 35.1 Å². The van der Waals surface area contributed by atoms with Gasteiger partial charge in [0.15, 0.2) is 6.10 Å². The van der Waals surface area contributed by atoms with Crippen molar-refractivity contribution in [2.45, 2.75) is 55.8 Å². The Morgan fingerprint density at radius 3 is 2.25 bits per heavy atom. The molecule has 1 saturated heterocycles. The van der Waals surface area contributed by atoms with Crippen molar-refractivity contribution in [3.63, 3.8) is 0 Å². The average molecular weight is 356 g/mol. The normalized spacial score (nSPS) is 37.2. The molecule has 0 aliphatic carbocycles. The molecule has 24 heavy (non-hydrogen) atoms. The van der Waals surface area contributed by atoms with Gasteiger partial charge in [-0.05, 0) is 13.8 Å². The molecular formula is C12H20O12. The lowest BCUT2D eigenvalue weighted by Crippen LogP contribution is -2.74. The van der Waals surface area contributed by atoms with Crippen LogP contribution in [0.2, 0.25) is 0 Å². The van der Waals surface area contributed by atoms with Crippen LogP contribution in [-0.4, -0.2) is 96.2 Å². The van der Waals surface area contributed by atoms with E-state index in [0.29, 0.717) is 6.92 Å². The minimum Gasteiger partial charge on any atom is -0.394 e. The molecule has 7 N–H and O–H groups in total. The third kappa shape index (κ3) is 3.50. The lowest BCUT2D eigenvalue weighted by molar-refractivity contribution is -0.397. The molecule has 7 atom stereocenters. The highest BCUT2D eigenvalue weighted by molar-refractivity contribution is 5.81. The fourth-order valence-corrected chi connectivity index (χ4v) is 1.93. The van der Waals surface area contributed by atoms with Gasteiger partial charge < -0.3 is 40.5 Å².